The lowest BCUT2D eigenvalue weighted by Gasteiger charge is -2.26. The largest absolute Gasteiger partial charge is 0.358 e. The Kier molecular flexibility index (Phi) is 2.67. The molecule has 3 nitrogen and oxygen atoms in total. The van der Waals surface area contributed by atoms with Crippen molar-refractivity contribution in [1.82, 2.24) is 9.55 Å². The van der Waals surface area contributed by atoms with Crippen LogP contribution < -0.4 is 0 Å². The second kappa shape index (κ2) is 3.36. The average molecular weight is 219 g/mol. The highest BCUT2D eigenvalue weighted by Crippen LogP contribution is 2.18. The predicted octanol–water partition coefficient (Wildman–Crippen LogP) is 1.60. The minimum atomic E-state index is -0.323. The Morgan fingerprint density at radius 3 is 2.82 bits per heavy atom. The zero-order valence-corrected chi connectivity index (χ0v) is 8.21. The van der Waals surface area contributed by atoms with Gasteiger partial charge in [0.25, 0.3) is 0 Å². The summed E-state index contributed by atoms with van der Waals surface area (Å²) < 4.78 is 7.23. The van der Waals surface area contributed by atoms with E-state index in [2.05, 4.69) is 20.9 Å². The summed E-state index contributed by atoms with van der Waals surface area (Å²) in [5, 5.41) is 0.743. The molecule has 0 amide bonds. The van der Waals surface area contributed by atoms with Crippen molar-refractivity contribution in [2.45, 2.75) is 12.6 Å². The van der Waals surface area contributed by atoms with E-state index in [0.29, 0.717) is 0 Å². The zero-order valence-electron chi connectivity index (χ0n) is 6.62. The monoisotopic (exact) mass is 218 g/mol. The van der Waals surface area contributed by atoms with Gasteiger partial charge in [0.2, 0.25) is 0 Å². The van der Waals surface area contributed by atoms with Crippen molar-refractivity contribution in [1.29, 1.82) is 0 Å². The average Bonchev–Trinajstić information content (AvgIpc) is 2.55. The molecule has 1 aromatic rings. The maximum absolute atomic E-state index is 5.31. The van der Waals surface area contributed by atoms with E-state index in [1.807, 2.05) is 17.7 Å². The SMILES string of the molecule is COC(C)(CBr)n1ccnc1. The highest BCUT2D eigenvalue weighted by Gasteiger charge is 2.22. The highest BCUT2D eigenvalue weighted by molar-refractivity contribution is 9.09. The molecule has 62 valence electrons. The van der Waals surface area contributed by atoms with Gasteiger partial charge in [0.05, 0.1) is 11.7 Å². The molecule has 0 saturated carbocycles. The maximum atomic E-state index is 5.31. The predicted molar refractivity (Wildman–Crippen MR) is 46.7 cm³/mol. The second-order valence-electron chi connectivity index (χ2n) is 2.48. The van der Waals surface area contributed by atoms with Crippen molar-refractivity contribution in [3.8, 4) is 0 Å². The minimum absolute atomic E-state index is 0.323. The molecule has 1 aromatic heterocycles. The van der Waals surface area contributed by atoms with Crippen LogP contribution in [-0.2, 0) is 10.5 Å². The van der Waals surface area contributed by atoms with Crippen molar-refractivity contribution in [3.05, 3.63) is 18.7 Å². The Bertz CT molecular complexity index is 206. The van der Waals surface area contributed by atoms with Gasteiger partial charge in [0.1, 0.15) is 0 Å². The molecule has 0 radical (unpaired) electrons. The number of hydrogen-bond donors (Lipinski definition) is 0. The number of rotatable bonds is 3. The van der Waals surface area contributed by atoms with Crippen molar-refractivity contribution in [2.24, 2.45) is 0 Å². The molecule has 0 saturated heterocycles. The summed E-state index contributed by atoms with van der Waals surface area (Å²) >= 11 is 3.38. The topological polar surface area (TPSA) is 27.1 Å². The van der Waals surface area contributed by atoms with Crippen LogP contribution >= 0.6 is 15.9 Å². The smallest absolute Gasteiger partial charge is 0.152 e. The van der Waals surface area contributed by atoms with Gasteiger partial charge >= 0.3 is 0 Å². The third-order valence-electron chi connectivity index (χ3n) is 1.74. The number of ether oxygens (including phenoxy) is 1. The molecule has 0 N–H and O–H groups in total. The normalized spacial score (nSPS) is 16.3. The first kappa shape index (κ1) is 8.74. The van der Waals surface area contributed by atoms with E-state index in [1.165, 1.54) is 0 Å². The molecule has 11 heavy (non-hydrogen) atoms. The Balaban J connectivity index is 2.87. The molecule has 0 fully saturated rings. The van der Waals surface area contributed by atoms with Gasteiger partial charge in [-0.2, -0.15) is 0 Å². The molecule has 0 aliphatic heterocycles. The summed E-state index contributed by atoms with van der Waals surface area (Å²) in [5.41, 5.74) is -0.323. The van der Waals surface area contributed by atoms with Gasteiger partial charge in [-0.1, -0.05) is 15.9 Å². The van der Waals surface area contributed by atoms with Gasteiger partial charge in [0, 0.05) is 19.5 Å². The van der Waals surface area contributed by atoms with E-state index in [-0.39, 0.29) is 5.72 Å². The fraction of sp³-hybridized carbons (Fsp3) is 0.571. The number of nitrogens with zero attached hydrogens (tertiary/aromatic N) is 2. The van der Waals surface area contributed by atoms with Crippen molar-refractivity contribution < 1.29 is 4.74 Å². The molecule has 0 aromatic carbocycles. The third kappa shape index (κ3) is 1.62. The van der Waals surface area contributed by atoms with Crippen LogP contribution in [0.5, 0.6) is 0 Å². The summed E-state index contributed by atoms with van der Waals surface area (Å²) in [4.78, 5) is 3.95. The number of alkyl halides is 1. The van der Waals surface area contributed by atoms with Crippen molar-refractivity contribution >= 4 is 15.9 Å². The Hall–Kier alpha value is -0.350. The second-order valence-corrected chi connectivity index (χ2v) is 3.04. The number of imidazole rings is 1. The number of halogens is 1. The van der Waals surface area contributed by atoms with Crippen LogP contribution in [0.15, 0.2) is 18.7 Å². The summed E-state index contributed by atoms with van der Waals surface area (Å²) in [6, 6.07) is 0. The van der Waals surface area contributed by atoms with Crippen LogP contribution in [-0.4, -0.2) is 22.0 Å². The lowest BCUT2D eigenvalue weighted by atomic mass is 10.3. The van der Waals surface area contributed by atoms with Gasteiger partial charge in [-0.3, -0.25) is 0 Å². The van der Waals surface area contributed by atoms with Gasteiger partial charge in [-0.25, -0.2) is 4.98 Å². The molecule has 4 heteroatoms. The first-order valence-corrected chi connectivity index (χ1v) is 4.44. The van der Waals surface area contributed by atoms with E-state index in [9.17, 15) is 0 Å². The quantitative estimate of drug-likeness (QED) is 0.722. The van der Waals surface area contributed by atoms with E-state index < -0.39 is 0 Å². The van der Waals surface area contributed by atoms with Gasteiger partial charge in [-0.15, -0.1) is 0 Å². The molecule has 0 bridgehead atoms. The van der Waals surface area contributed by atoms with Crippen molar-refractivity contribution in [2.75, 3.05) is 12.4 Å². The van der Waals surface area contributed by atoms with Crippen molar-refractivity contribution in [3.63, 3.8) is 0 Å². The molecule has 0 aliphatic rings. The molecule has 0 spiro atoms. The van der Waals surface area contributed by atoms with Crippen LogP contribution in [0.2, 0.25) is 0 Å². The number of hydrogen-bond acceptors (Lipinski definition) is 2. The van der Waals surface area contributed by atoms with Gasteiger partial charge < -0.3 is 9.30 Å². The maximum Gasteiger partial charge on any atom is 0.152 e. The Labute approximate surface area is 74.5 Å². The molecule has 1 atom stereocenters. The first-order chi connectivity index (χ1) is 5.23. The van der Waals surface area contributed by atoms with E-state index in [0.717, 1.165) is 5.33 Å². The van der Waals surface area contributed by atoms with Crippen LogP contribution in [0.1, 0.15) is 6.92 Å². The lowest BCUT2D eigenvalue weighted by molar-refractivity contribution is -0.0394. The number of aromatic nitrogens is 2. The molecular weight excluding hydrogens is 208 g/mol. The van der Waals surface area contributed by atoms with Gasteiger partial charge in [0.15, 0.2) is 5.72 Å². The van der Waals surface area contributed by atoms with E-state index in [4.69, 9.17) is 4.74 Å². The molecule has 0 aliphatic carbocycles. The Morgan fingerprint density at radius 1 is 1.73 bits per heavy atom. The highest BCUT2D eigenvalue weighted by atomic mass is 79.9. The van der Waals surface area contributed by atoms with Crippen LogP contribution in [0.4, 0.5) is 0 Å². The zero-order chi connectivity index (χ0) is 8.32. The lowest BCUT2D eigenvalue weighted by Crippen LogP contribution is -2.32. The summed E-state index contributed by atoms with van der Waals surface area (Å²) in [6.45, 7) is 1.99. The van der Waals surface area contributed by atoms with Crippen LogP contribution in [0.25, 0.3) is 0 Å². The summed E-state index contributed by atoms with van der Waals surface area (Å²) in [5.74, 6) is 0. The van der Waals surface area contributed by atoms with Crippen LogP contribution in [0.3, 0.4) is 0 Å². The fourth-order valence-electron chi connectivity index (χ4n) is 0.768. The molecule has 1 heterocycles. The summed E-state index contributed by atoms with van der Waals surface area (Å²) in [6.07, 6.45) is 5.36. The van der Waals surface area contributed by atoms with Crippen LogP contribution in [0, 0.1) is 0 Å². The first-order valence-electron chi connectivity index (χ1n) is 3.32. The standard InChI is InChI=1S/C7H11BrN2O/c1-7(5-8,11-2)10-4-3-9-6-10/h3-4,6H,5H2,1-2H3. The molecule has 1 rings (SSSR count). The summed E-state index contributed by atoms with van der Waals surface area (Å²) in [7, 11) is 1.68. The third-order valence-corrected chi connectivity index (χ3v) is 2.78. The van der Waals surface area contributed by atoms with E-state index in [1.54, 1.807) is 19.6 Å². The molecule has 1 unspecified atom stereocenters. The van der Waals surface area contributed by atoms with E-state index >= 15 is 0 Å². The Morgan fingerprint density at radius 2 is 2.45 bits per heavy atom. The fourth-order valence-corrected chi connectivity index (χ4v) is 1.29. The minimum Gasteiger partial charge on any atom is -0.358 e. The van der Waals surface area contributed by atoms with Gasteiger partial charge in [-0.05, 0) is 6.92 Å². The number of methoxy groups -OCH3 is 1. The molecular formula is C7H11BrN2O.